The fourth-order valence-corrected chi connectivity index (χ4v) is 4.09. The first-order valence-electron chi connectivity index (χ1n) is 8.17. The van der Waals surface area contributed by atoms with Gasteiger partial charge >= 0.3 is 0 Å². The van der Waals surface area contributed by atoms with Crippen LogP contribution in [0.3, 0.4) is 0 Å². The van der Waals surface area contributed by atoms with Gasteiger partial charge in [-0.2, -0.15) is 0 Å². The molecule has 0 saturated carbocycles. The summed E-state index contributed by atoms with van der Waals surface area (Å²) in [5, 5.41) is 10.8. The second kappa shape index (κ2) is 6.93. The first-order valence-corrected chi connectivity index (χ1v) is 9.25. The lowest BCUT2D eigenvalue weighted by Gasteiger charge is -2.22. The van der Waals surface area contributed by atoms with Crippen LogP contribution in [0, 0.1) is 6.08 Å². The van der Waals surface area contributed by atoms with E-state index in [0.717, 1.165) is 37.0 Å². The van der Waals surface area contributed by atoms with E-state index >= 15 is 0 Å². The summed E-state index contributed by atoms with van der Waals surface area (Å²) in [6, 6.07) is 28.4. The number of aliphatic hydroxyl groups excluding tert-OH is 1. The Morgan fingerprint density at radius 1 is 0.760 bits per heavy atom. The van der Waals surface area contributed by atoms with Crippen LogP contribution in [-0.4, -0.2) is 5.11 Å². The number of hydrogen-bond acceptors (Lipinski definition) is 1. The Labute approximate surface area is 161 Å². The smallest absolute Gasteiger partial charge is 0.138 e. The van der Waals surface area contributed by atoms with Crippen molar-refractivity contribution in [3.8, 4) is 0 Å². The molecule has 3 aromatic rings. The summed E-state index contributed by atoms with van der Waals surface area (Å²) in [5.41, 5.74) is 6.18. The van der Waals surface area contributed by atoms with E-state index in [-0.39, 0.29) is 0 Å². The van der Waals surface area contributed by atoms with Crippen molar-refractivity contribution in [2.45, 2.75) is 6.10 Å². The molecule has 1 atom stereocenters. The summed E-state index contributed by atoms with van der Waals surface area (Å²) >= 11 is 2.27. The SMILES string of the molecule is OC1C(I)=C(c2ccccc2)C(=[C+]c2ccccc2)c2ccccc21. The monoisotopic (exact) mass is 435 g/mol. The molecule has 0 fully saturated rings. The van der Waals surface area contributed by atoms with Crippen LogP contribution in [0.15, 0.2) is 88.5 Å². The van der Waals surface area contributed by atoms with Crippen LogP contribution in [0.5, 0.6) is 0 Å². The first kappa shape index (κ1) is 16.2. The highest BCUT2D eigenvalue weighted by Gasteiger charge is 2.34. The maximum absolute atomic E-state index is 10.8. The summed E-state index contributed by atoms with van der Waals surface area (Å²) in [6.07, 6.45) is 2.98. The lowest BCUT2D eigenvalue weighted by Crippen LogP contribution is -2.11. The summed E-state index contributed by atoms with van der Waals surface area (Å²) in [7, 11) is 0. The molecule has 3 aromatic carbocycles. The Morgan fingerprint density at radius 3 is 2.08 bits per heavy atom. The largest absolute Gasteiger partial charge is 0.382 e. The number of aliphatic hydroxyl groups is 1. The van der Waals surface area contributed by atoms with Crippen molar-refractivity contribution < 1.29 is 5.11 Å². The molecule has 0 bridgehead atoms. The summed E-state index contributed by atoms with van der Waals surface area (Å²) in [5.74, 6) is 0. The summed E-state index contributed by atoms with van der Waals surface area (Å²) < 4.78 is 0.931. The van der Waals surface area contributed by atoms with Crippen molar-refractivity contribution in [1.82, 2.24) is 0 Å². The second-order valence-electron chi connectivity index (χ2n) is 5.94. The molecule has 1 nitrogen and oxygen atoms in total. The first-order chi connectivity index (χ1) is 12.3. The molecule has 1 aliphatic carbocycles. The molecule has 1 N–H and O–H groups in total. The van der Waals surface area contributed by atoms with Crippen molar-refractivity contribution in [2.75, 3.05) is 0 Å². The molecular weight excluding hydrogens is 419 g/mol. The van der Waals surface area contributed by atoms with Crippen molar-refractivity contribution in [3.63, 3.8) is 0 Å². The topological polar surface area (TPSA) is 20.2 Å². The van der Waals surface area contributed by atoms with Crippen LogP contribution in [0.2, 0.25) is 0 Å². The minimum atomic E-state index is -0.603. The Hall–Kier alpha value is -2.26. The average molecular weight is 435 g/mol. The zero-order valence-corrected chi connectivity index (χ0v) is 15.6. The summed E-state index contributed by atoms with van der Waals surface area (Å²) in [6.45, 7) is 0. The highest BCUT2D eigenvalue weighted by Crippen LogP contribution is 2.48. The van der Waals surface area contributed by atoms with Gasteiger partial charge in [-0.05, 0) is 65.1 Å². The van der Waals surface area contributed by atoms with Gasteiger partial charge in [-0.15, -0.1) is 0 Å². The molecule has 0 heterocycles. The number of fused-ring (bicyclic) bond motifs is 1. The van der Waals surface area contributed by atoms with Crippen molar-refractivity contribution >= 4 is 33.7 Å². The van der Waals surface area contributed by atoms with E-state index in [2.05, 4.69) is 59.0 Å². The van der Waals surface area contributed by atoms with Gasteiger partial charge < -0.3 is 5.11 Å². The van der Waals surface area contributed by atoms with E-state index in [1.54, 1.807) is 0 Å². The van der Waals surface area contributed by atoms with Crippen molar-refractivity contribution in [1.29, 1.82) is 0 Å². The molecule has 25 heavy (non-hydrogen) atoms. The third kappa shape index (κ3) is 3.05. The Balaban J connectivity index is 2.00. The molecule has 4 rings (SSSR count). The molecule has 1 aliphatic rings. The minimum Gasteiger partial charge on any atom is -0.382 e. The molecule has 0 saturated heterocycles. The van der Waals surface area contributed by atoms with Crippen molar-refractivity contribution in [3.05, 3.63) is 117 Å². The van der Waals surface area contributed by atoms with Crippen LogP contribution >= 0.6 is 22.6 Å². The highest BCUT2D eigenvalue weighted by atomic mass is 127. The van der Waals surface area contributed by atoms with E-state index in [1.165, 1.54) is 0 Å². The number of hydrogen-bond donors (Lipinski definition) is 1. The van der Waals surface area contributed by atoms with Crippen LogP contribution in [0.1, 0.15) is 28.4 Å². The molecule has 0 aliphatic heterocycles. The minimum absolute atomic E-state index is 0.603. The van der Waals surface area contributed by atoms with E-state index in [4.69, 9.17) is 0 Å². The Kier molecular flexibility index (Phi) is 4.50. The quantitative estimate of drug-likeness (QED) is 0.398. The summed E-state index contributed by atoms with van der Waals surface area (Å²) in [4.78, 5) is 0. The predicted octanol–water partition coefficient (Wildman–Crippen LogP) is 5.81. The maximum Gasteiger partial charge on any atom is 0.138 e. The van der Waals surface area contributed by atoms with E-state index < -0.39 is 6.10 Å². The van der Waals surface area contributed by atoms with Gasteiger partial charge in [0.1, 0.15) is 17.2 Å². The fourth-order valence-electron chi connectivity index (χ4n) is 3.17. The van der Waals surface area contributed by atoms with Gasteiger partial charge in [-0.25, -0.2) is 0 Å². The molecule has 1 unspecified atom stereocenters. The molecule has 0 radical (unpaired) electrons. The van der Waals surface area contributed by atoms with Gasteiger partial charge in [0, 0.05) is 29.3 Å². The molecule has 120 valence electrons. The van der Waals surface area contributed by atoms with Crippen LogP contribution in [0.25, 0.3) is 11.1 Å². The highest BCUT2D eigenvalue weighted by molar-refractivity contribution is 14.1. The van der Waals surface area contributed by atoms with Gasteiger partial charge in [0.15, 0.2) is 0 Å². The predicted molar refractivity (Wildman–Crippen MR) is 111 cm³/mol. The zero-order chi connectivity index (χ0) is 17.2. The standard InChI is InChI=1S/C23H16IO/c24-22-21(17-11-5-2-6-12-17)20(15-16-9-3-1-4-10-16)18-13-7-8-14-19(18)23(22)25/h1-14,23,25H/q+1. The maximum atomic E-state index is 10.8. The zero-order valence-electron chi connectivity index (χ0n) is 13.5. The molecule has 2 heteroatoms. The average Bonchev–Trinajstić information content (AvgIpc) is 2.68. The lowest BCUT2D eigenvalue weighted by atomic mass is 9.81. The van der Waals surface area contributed by atoms with E-state index in [0.29, 0.717) is 0 Å². The van der Waals surface area contributed by atoms with Crippen LogP contribution in [-0.2, 0) is 0 Å². The van der Waals surface area contributed by atoms with Gasteiger partial charge in [-0.1, -0.05) is 30.3 Å². The van der Waals surface area contributed by atoms with Gasteiger partial charge in [0.05, 0.1) is 14.7 Å². The molecular formula is C23H16IO+. The van der Waals surface area contributed by atoms with Crippen LogP contribution < -0.4 is 0 Å². The molecule has 0 aromatic heterocycles. The number of allylic oxidation sites excluding steroid dienone is 2. The van der Waals surface area contributed by atoms with E-state index in [1.807, 2.05) is 54.6 Å². The Bertz CT molecular complexity index is 956. The lowest BCUT2D eigenvalue weighted by molar-refractivity contribution is 0.226. The van der Waals surface area contributed by atoms with Crippen LogP contribution in [0.4, 0.5) is 0 Å². The van der Waals surface area contributed by atoms with E-state index in [9.17, 15) is 5.11 Å². The Morgan fingerprint density at radius 2 is 1.36 bits per heavy atom. The molecule has 0 amide bonds. The van der Waals surface area contributed by atoms with Gasteiger partial charge in [0.25, 0.3) is 0 Å². The number of halogens is 1. The third-order valence-electron chi connectivity index (χ3n) is 4.36. The van der Waals surface area contributed by atoms with Gasteiger partial charge in [0.2, 0.25) is 0 Å². The fraction of sp³-hybridized carbons (Fsp3) is 0.0435. The van der Waals surface area contributed by atoms with Crippen molar-refractivity contribution in [2.24, 2.45) is 0 Å². The normalized spacial score (nSPS) is 18.0. The molecule has 0 spiro atoms. The number of benzene rings is 3. The number of rotatable bonds is 2. The van der Waals surface area contributed by atoms with Gasteiger partial charge in [-0.3, -0.25) is 0 Å². The second-order valence-corrected chi connectivity index (χ2v) is 7.11. The third-order valence-corrected chi connectivity index (χ3v) is 5.49.